The van der Waals surface area contributed by atoms with E-state index in [0.717, 1.165) is 11.0 Å². The van der Waals surface area contributed by atoms with Crippen molar-refractivity contribution in [1.82, 2.24) is 0 Å². The molecule has 0 aliphatic rings. The lowest BCUT2D eigenvalue weighted by Gasteiger charge is -2.06. The van der Waals surface area contributed by atoms with E-state index in [2.05, 4.69) is 0 Å². The molecular formula is C14H14O3. The molecule has 0 saturated carbocycles. The molecule has 0 saturated heterocycles. The number of carboxylic acids is 1. The van der Waals surface area contributed by atoms with E-state index in [9.17, 15) is 4.79 Å². The highest BCUT2D eigenvalue weighted by Crippen LogP contribution is 2.28. The number of fused-ring (bicyclic) bond motifs is 1. The summed E-state index contributed by atoms with van der Waals surface area (Å²) < 4.78 is 5.66. The van der Waals surface area contributed by atoms with Crippen molar-refractivity contribution in [3.8, 4) is 0 Å². The molecule has 1 aromatic heterocycles. The highest BCUT2D eigenvalue weighted by atomic mass is 16.4. The maximum atomic E-state index is 10.8. The van der Waals surface area contributed by atoms with E-state index in [1.54, 1.807) is 0 Å². The minimum Gasteiger partial charge on any atom is -0.478 e. The lowest BCUT2D eigenvalue weighted by Crippen LogP contribution is -1.97. The van der Waals surface area contributed by atoms with E-state index in [-0.39, 0.29) is 5.92 Å². The first-order chi connectivity index (χ1) is 8.08. The quantitative estimate of drug-likeness (QED) is 0.820. The van der Waals surface area contributed by atoms with Crippen LogP contribution in [0.15, 0.2) is 40.8 Å². The smallest absolute Gasteiger partial charge is 0.328 e. The molecule has 1 heterocycles. The Morgan fingerprint density at radius 2 is 2.06 bits per heavy atom. The number of carboxylic acid groups (broad SMARTS) is 1. The Morgan fingerprint density at radius 1 is 1.35 bits per heavy atom. The van der Waals surface area contributed by atoms with E-state index in [4.69, 9.17) is 9.52 Å². The summed E-state index contributed by atoms with van der Waals surface area (Å²) in [7, 11) is 0. The third kappa shape index (κ3) is 2.38. The first kappa shape index (κ1) is 11.5. The average molecular weight is 230 g/mol. The molecule has 3 nitrogen and oxygen atoms in total. The van der Waals surface area contributed by atoms with Crippen molar-refractivity contribution in [3.63, 3.8) is 0 Å². The molecule has 17 heavy (non-hydrogen) atoms. The van der Waals surface area contributed by atoms with E-state index in [1.807, 2.05) is 44.2 Å². The largest absolute Gasteiger partial charge is 0.478 e. The normalized spacial score (nSPS) is 12.3. The molecule has 1 aromatic carbocycles. The number of rotatable bonds is 3. The number of hydrogen-bond donors (Lipinski definition) is 1. The lowest BCUT2D eigenvalue weighted by atomic mass is 10.0. The van der Waals surface area contributed by atoms with Gasteiger partial charge in [-0.1, -0.05) is 32.0 Å². The molecule has 0 radical (unpaired) electrons. The molecule has 0 aliphatic carbocycles. The van der Waals surface area contributed by atoms with E-state index in [0.29, 0.717) is 11.3 Å². The molecule has 0 unspecified atom stereocenters. The number of furan rings is 1. The zero-order chi connectivity index (χ0) is 12.4. The number of aliphatic carboxylic acids is 1. The van der Waals surface area contributed by atoms with Crippen LogP contribution in [0.2, 0.25) is 0 Å². The predicted octanol–water partition coefficient (Wildman–Crippen LogP) is 3.56. The number of hydrogen-bond acceptors (Lipinski definition) is 2. The first-order valence-electron chi connectivity index (χ1n) is 5.51. The molecule has 0 amide bonds. The second-order valence-electron chi connectivity index (χ2n) is 4.24. The van der Waals surface area contributed by atoms with Gasteiger partial charge in [-0.05, 0) is 18.1 Å². The molecule has 1 N–H and O–H groups in total. The summed E-state index contributed by atoms with van der Waals surface area (Å²) in [6.45, 7) is 3.89. The second kappa shape index (κ2) is 4.45. The summed E-state index contributed by atoms with van der Waals surface area (Å²) in [6.07, 6.45) is 1.21. The van der Waals surface area contributed by atoms with Crippen LogP contribution in [-0.4, -0.2) is 11.1 Å². The van der Waals surface area contributed by atoms with Gasteiger partial charge in [0.15, 0.2) is 0 Å². The summed E-state index contributed by atoms with van der Waals surface area (Å²) in [5.74, 6) is -0.218. The van der Waals surface area contributed by atoms with E-state index < -0.39 is 5.97 Å². The first-order valence-corrected chi connectivity index (χ1v) is 5.51. The topological polar surface area (TPSA) is 50.4 Å². The highest BCUT2D eigenvalue weighted by Gasteiger charge is 2.13. The van der Waals surface area contributed by atoms with Crippen molar-refractivity contribution in [1.29, 1.82) is 0 Å². The van der Waals surface area contributed by atoms with Crippen LogP contribution in [0, 0.1) is 5.92 Å². The summed E-state index contributed by atoms with van der Waals surface area (Å²) in [4.78, 5) is 10.8. The minimum absolute atomic E-state index is 0.103. The van der Waals surface area contributed by atoms with Crippen LogP contribution in [0.1, 0.15) is 19.6 Å². The molecule has 0 atom stereocenters. The molecule has 88 valence electrons. The maximum absolute atomic E-state index is 10.8. The van der Waals surface area contributed by atoms with Crippen molar-refractivity contribution in [2.45, 2.75) is 13.8 Å². The average Bonchev–Trinajstić information content (AvgIpc) is 2.68. The van der Waals surface area contributed by atoms with Gasteiger partial charge in [0.05, 0.1) is 0 Å². The Hall–Kier alpha value is -2.03. The summed E-state index contributed by atoms with van der Waals surface area (Å²) >= 11 is 0. The summed E-state index contributed by atoms with van der Waals surface area (Å²) in [5, 5.41) is 9.84. The Balaban J connectivity index is 2.53. The fraction of sp³-hybridized carbons (Fsp3) is 0.214. The monoisotopic (exact) mass is 230 g/mol. The van der Waals surface area contributed by atoms with Crippen LogP contribution in [0.4, 0.5) is 0 Å². The molecule has 0 aliphatic heterocycles. The van der Waals surface area contributed by atoms with Crippen molar-refractivity contribution in [2.75, 3.05) is 0 Å². The standard InChI is InChI=1S/C14H14O3/c1-9(2)11(8-14(15)16)13-7-10-5-3-4-6-12(10)17-13/h3-9H,1-2H3,(H,15,16)/b11-8+. The maximum Gasteiger partial charge on any atom is 0.328 e. The highest BCUT2D eigenvalue weighted by molar-refractivity contribution is 5.91. The fourth-order valence-electron chi connectivity index (χ4n) is 1.78. The van der Waals surface area contributed by atoms with Crippen LogP contribution in [0.3, 0.4) is 0 Å². The van der Waals surface area contributed by atoms with Crippen molar-refractivity contribution in [2.24, 2.45) is 5.92 Å². The van der Waals surface area contributed by atoms with Crippen molar-refractivity contribution >= 4 is 22.5 Å². The minimum atomic E-state index is -0.950. The van der Waals surface area contributed by atoms with E-state index in [1.165, 1.54) is 6.08 Å². The molecule has 2 rings (SSSR count). The van der Waals surface area contributed by atoms with Gasteiger partial charge in [0.2, 0.25) is 0 Å². The number of allylic oxidation sites excluding steroid dienone is 1. The van der Waals surface area contributed by atoms with Gasteiger partial charge in [-0.15, -0.1) is 0 Å². The van der Waals surface area contributed by atoms with Gasteiger partial charge >= 0.3 is 5.97 Å². The van der Waals surface area contributed by atoms with Gasteiger partial charge in [0, 0.05) is 17.0 Å². The Labute approximate surface area is 99.4 Å². The number of para-hydroxylation sites is 1. The lowest BCUT2D eigenvalue weighted by molar-refractivity contribution is -0.131. The number of carbonyl (C=O) groups is 1. The van der Waals surface area contributed by atoms with Gasteiger partial charge < -0.3 is 9.52 Å². The van der Waals surface area contributed by atoms with Crippen LogP contribution in [0.5, 0.6) is 0 Å². The third-order valence-electron chi connectivity index (χ3n) is 2.61. The SMILES string of the molecule is CC(C)/C(=C\C(=O)O)c1cc2ccccc2o1. The third-order valence-corrected chi connectivity index (χ3v) is 2.61. The summed E-state index contributed by atoms with van der Waals surface area (Å²) in [6, 6.07) is 9.52. The van der Waals surface area contributed by atoms with Gasteiger partial charge in [0.25, 0.3) is 0 Å². The van der Waals surface area contributed by atoms with Gasteiger partial charge in [-0.3, -0.25) is 0 Å². The van der Waals surface area contributed by atoms with Gasteiger partial charge in [0.1, 0.15) is 11.3 Å². The second-order valence-corrected chi connectivity index (χ2v) is 4.24. The zero-order valence-electron chi connectivity index (χ0n) is 9.81. The van der Waals surface area contributed by atoms with Crippen molar-refractivity contribution in [3.05, 3.63) is 42.2 Å². The molecule has 0 fully saturated rings. The zero-order valence-corrected chi connectivity index (χ0v) is 9.81. The molecule has 3 heteroatoms. The predicted molar refractivity (Wildman–Crippen MR) is 66.7 cm³/mol. The number of benzene rings is 1. The Bertz CT molecular complexity index is 543. The fourth-order valence-corrected chi connectivity index (χ4v) is 1.78. The molecule has 0 spiro atoms. The van der Waals surface area contributed by atoms with Crippen LogP contribution in [0.25, 0.3) is 16.5 Å². The summed E-state index contributed by atoms with van der Waals surface area (Å²) in [5.41, 5.74) is 1.48. The van der Waals surface area contributed by atoms with E-state index >= 15 is 0 Å². The van der Waals surface area contributed by atoms with Crippen LogP contribution in [-0.2, 0) is 4.79 Å². The molecular weight excluding hydrogens is 216 g/mol. The van der Waals surface area contributed by atoms with Gasteiger partial charge in [-0.2, -0.15) is 0 Å². The van der Waals surface area contributed by atoms with Crippen molar-refractivity contribution < 1.29 is 14.3 Å². The Kier molecular flexibility index (Phi) is 3.00. The molecule has 2 aromatic rings. The van der Waals surface area contributed by atoms with Crippen LogP contribution < -0.4 is 0 Å². The van der Waals surface area contributed by atoms with Crippen LogP contribution >= 0.6 is 0 Å². The molecule has 0 bridgehead atoms. The van der Waals surface area contributed by atoms with Gasteiger partial charge in [-0.25, -0.2) is 4.79 Å². The Morgan fingerprint density at radius 3 is 2.65 bits per heavy atom.